The summed E-state index contributed by atoms with van der Waals surface area (Å²) < 4.78 is 16.1. The maximum atomic E-state index is 13.7. The third kappa shape index (κ3) is 3.59. The lowest BCUT2D eigenvalue weighted by Crippen LogP contribution is -2.39. The van der Waals surface area contributed by atoms with Crippen molar-refractivity contribution in [1.82, 2.24) is 9.13 Å². The van der Waals surface area contributed by atoms with Crippen LogP contribution in [0.1, 0.15) is 12.0 Å². The number of benzene rings is 1. The topological polar surface area (TPSA) is 70.0 Å². The molecule has 0 fully saturated rings. The Morgan fingerprint density at radius 2 is 2.00 bits per heavy atom. The fraction of sp³-hybridized carbons (Fsp3) is 0.286. The van der Waals surface area contributed by atoms with Gasteiger partial charge in [0.25, 0.3) is 5.56 Å². The van der Waals surface area contributed by atoms with E-state index in [9.17, 15) is 14.0 Å². The Balaban J connectivity index is 2.39. The minimum absolute atomic E-state index is 0.00807. The molecule has 2 N–H and O–H groups in total. The van der Waals surface area contributed by atoms with Crippen LogP contribution in [0.2, 0.25) is 5.02 Å². The Bertz CT molecular complexity index is 755. The standard InChI is InChI=1S/C14H15ClFN3O2/c15-11-2-3-12(16)10(8-11)9-18-7-4-13(20)19(14(18)21)6-1-5-17/h2-4,7-8H,1,5-6,9,17H2. The molecule has 0 radical (unpaired) electrons. The fourth-order valence-corrected chi connectivity index (χ4v) is 2.18. The van der Waals surface area contributed by atoms with E-state index in [1.165, 1.54) is 35.0 Å². The van der Waals surface area contributed by atoms with Gasteiger partial charge in [-0.05, 0) is 31.2 Å². The van der Waals surface area contributed by atoms with E-state index in [2.05, 4.69) is 0 Å². The number of aromatic nitrogens is 2. The molecule has 0 bridgehead atoms. The molecule has 1 aromatic carbocycles. The molecule has 1 aromatic heterocycles. The quantitative estimate of drug-likeness (QED) is 0.902. The van der Waals surface area contributed by atoms with Crippen molar-refractivity contribution >= 4 is 11.6 Å². The summed E-state index contributed by atoms with van der Waals surface area (Å²) in [5.41, 5.74) is 4.79. The highest BCUT2D eigenvalue weighted by Gasteiger charge is 2.08. The minimum Gasteiger partial charge on any atom is -0.330 e. The molecule has 5 nitrogen and oxygen atoms in total. The highest BCUT2D eigenvalue weighted by Crippen LogP contribution is 2.15. The van der Waals surface area contributed by atoms with Crippen LogP contribution in [-0.2, 0) is 13.1 Å². The van der Waals surface area contributed by atoms with Gasteiger partial charge in [-0.3, -0.25) is 13.9 Å². The van der Waals surface area contributed by atoms with Crippen LogP contribution >= 0.6 is 11.6 Å². The van der Waals surface area contributed by atoms with Crippen molar-refractivity contribution in [3.8, 4) is 0 Å². The van der Waals surface area contributed by atoms with E-state index in [4.69, 9.17) is 17.3 Å². The average Bonchev–Trinajstić information content (AvgIpc) is 2.46. The van der Waals surface area contributed by atoms with Gasteiger partial charge < -0.3 is 5.73 Å². The van der Waals surface area contributed by atoms with E-state index in [0.29, 0.717) is 18.0 Å². The Morgan fingerprint density at radius 1 is 1.24 bits per heavy atom. The van der Waals surface area contributed by atoms with Gasteiger partial charge >= 0.3 is 5.69 Å². The predicted molar refractivity (Wildman–Crippen MR) is 79.1 cm³/mol. The lowest BCUT2D eigenvalue weighted by Gasteiger charge is -2.10. The van der Waals surface area contributed by atoms with Crippen LogP contribution in [0, 0.1) is 5.82 Å². The Labute approximate surface area is 125 Å². The second kappa shape index (κ2) is 6.69. The molecule has 0 spiro atoms. The fourth-order valence-electron chi connectivity index (χ4n) is 1.98. The number of halogens is 2. The first kappa shape index (κ1) is 15.5. The number of nitrogens with zero attached hydrogens (tertiary/aromatic N) is 2. The highest BCUT2D eigenvalue weighted by atomic mass is 35.5. The van der Waals surface area contributed by atoms with Crippen molar-refractivity contribution in [2.45, 2.75) is 19.5 Å². The Hall–Kier alpha value is -1.92. The average molecular weight is 312 g/mol. The molecule has 0 atom stereocenters. The lowest BCUT2D eigenvalue weighted by molar-refractivity contribution is 0.543. The summed E-state index contributed by atoms with van der Waals surface area (Å²) in [5, 5.41) is 0.385. The minimum atomic E-state index is -0.490. The monoisotopic (exact) mass is 311 g/mol. The van der Waals surface area contributed by atoms with Crippen molar-refractivity contribution in [1.29, 1.82) is 0 Å². The molecule has 7 heteroatoms. The van der Waals surface area contributed by atoms with Crippen molar-refractivity contribution in [2.75, 3.05) is 6.54 Å². The zero-order chi connectivity index (χ0) is 15.4. The van der Waals surface area contributed by atoms with Gasteiger partial charge in [0.05, 0.1) is 6.54 Å². The van der Waals surface area contributed by atoms with E-state index in [0.717, 1.165) is 4.57 Å². The first-order valence-electron chi connectivity index (χ1n) is 6.47. The van der Waals surface area contributed by atoms with Crippen molar-refractivity contribution < 1.29 is 4.39 Å². The Kier molecular flexibility index (Phi) is 4.93. The first-order chi connectivity index (χ1) is 10.0. The van der Waals surface area contributed by atoms with Crippen LogP contribution in [0.15, 0.2) is 40.1 Å². The molecule has 0 aliphatic carbocycles. The van der Waals surface area contributed by atoms with Gasteiger partial charge in [0.1, 0.15) is 5.82 Å². The predicted octanol–water partition coefficient (Wildman–Crippen LogP) is 1.20. The molecule has 0 unspecified atom stereocenters. The molecular formula is C14H15ClFN3O2. The summed E-state index contributed by atoms with van der Waals surface area (Å²) in [7, 11) is 0. The second-order valence-corrected chi connectivity index (χ2v) is 5.03. The number of nitrogens with two attached hydrogens (primary N) is 1. The van der Waals surface area contributed by atoms with E-state index in [-0.39, 0.29) is 18.7 Å². The molecule has 2 aromatic rings. The van der Waals surface area contributed by atoms with Gasteiger partial charge in [0.15, 0.2) is 0 Å². The summed E-state index contributed by atoms with van der Waals surface area (Å²) in [6.45, 7) is 0.630. The van der Waals surface area contributed by atoms with Gasteiger partial charge in [-0.2, -0.15) is 0 Å². The van der Waals surface area contributed by atoms with Crippen LogP contribution in [0.4, 0.5) is 4.39 Å². The van der Waals surface area contributed by atoms with Crippen molar-refractivity contribution in [3.05, 3.63) is 67.7 Å². The van der Waals surface area contributed by atoms with Crippen molar-refractivity contribution in [2.24, 2.45) is 5.73 Å². The molecular weight excluding hydrogens is 297 g/mol. The van der Waals surface area contributed by atoms with Crippen LogP contribution in [0.5, 0.6) is 0 Å². The van der Waals surface area contributed by atoms with Gasteiger partial charge in [-0.1, -0.05) is 11.6 Å². The van der Waals surface area contributed by atoms with E-state index < -0.39 is 17.1 Å². The number of hydrogen-bond donors (Lipinski definition) is 1. The number of hydrogen-bond acceptors (Lipinski definition) is 3. The van der Waals surface area contributed by atoms with Crippen LogP contribution in [-0.4, -0.2) is 15.7 Å². The molecule has 1 heterocycles. The smallest absolute Gasteiger partial charge is 0.330 e. The zero-order valence-electron chi connectivity index (χ0n) is 11.3. The molecule has 0 aliphatic rings. The van der Waals surface area contributed by atoms with Gasteiger partial charge in [-0.25, -0.2) is 9.18 Å². The second-order valence-electron chi connectivity index (χ2n) is 4.59. The molecule has 2 rings (SSSR count). The molecule has 21 heavy (non-hydrogen) atoms. The van der Waals surface area contributed by atoms with Crippen LogP contribution in [0.25, 0.3) is 0 Å². The van der Waals surface area contributed by atoms with Gasteiger partial charge in [0.2, 0.25) is 0 Å². The van der Waals surface area contributed by atoms with Gasteiger partial charge in [-0.15, -0.1) is 0 Å². The van der Waals surface area contributed by atoms with Crippen LogP contribution < -0.4 is 17.0 Å². The third-order valence-electron chi connectivity index (χ3n) is 3.07. The summed E-state index contributed by atoms with van der Waals surface area (Å²) in [6.07, 6.45) is 1.87. The molecule has 112 valence electrons. The SMILES string of the molecule is NCCCn1c(=O)ccn(Cc2cc(Cl)ccc2F)c1=O. The largest absolute Gasteiger partial charge is 0.331 e. The lowest BCUT2D eigenvalue weighted by atomic mass is 10.2. The maximum absolute atomic E-state index is 13.7. The summed E-state index contributed by atoms with van der Waals surface area (Å²) >= 11 is 5.82. The molecule has 0 saturated heterocycles. The summed E-state index contributed by atoms with van der Waals surface area (Å²) in [5.74, 6) is -0.453. The normalized spacial score (nSPS) is 10.8. The van der Waals surface area contributed by atoms with E-state index in [1.807, 2.05) is 0 Å². The zero-order valence-corrected chi connectivity index (χ0v) is 12.0. The summed E-state index contributed by atoms with van der Waals surface area (Å²) in [6, 6.07) is 5.41. The molecule has 0 amide bonds. The third-order valence-corrected chi connectivity index (χ3v) is 3.31. The van der Waals surface area contributed by atoms with E-state index >= 15 is 0 Å². The van der Waals surface area contributed by atoms with Crippen molar-refractivity contribution in [3.63, 3.8) is 0 Å². The Morgan fingerprint density at radius 3 is 2.71 bits per heavy atom. The number of rotatable bonds is 5. The maximum Gasteiger partial charge on any atom is 0.331 e. The first-order valence-corrected chi connectivity index (χ1v) is 6.85. The van der Waals surface area contributed by atoms with Gasteiger partial charge in [0, 0.05) is 29.4 Å². The molecule has 0 aliphatic heterocycles. The van der Waals surface area contributed by atoms with Crippen LogP contribution in [0.3, 0.4) is 0 Å². The van der Waals surface area contributed by atoms with E-state index in [1.54, 1.807) is 0 Å². The molecule has 0 saturated carbocycles. The summed E-state index contributed by atoms with van der Waals surface area (Å²) in [4.78, 5) is 23.9. The highest BCUT2D eigenvalue weighted by molar-refractivity contribution is 6.30.